The summed E-state index contributed by atoms with van der Waals surface area (Å²) in [4.78, 5) is 20.1. The van der Waals surface area contributed by atoms with Gasteiger partial charge in [0, 0.05) is 13.1 Å². The lowest BCUT2D eigenvalue weighted by molar-refractivity contribution is -0.137. The van der Waals surface area contributed by atoms with Crippen LogP contribution >= 0.6 is 0 Å². The molecule has 4 aromatic rings. The molecule has 2 heterocycles. The van der Waals surface area contributed by atoms with E-state index in [0.717, 1.165) is 47.2 Å². The lowest BCUT2D eigenvalue weighted by Gasteiger charge is -2.32. The molecule has 9 heteroatoms. The molecule has 5 rings (SSSR count). The molecular weight excluding hydrogens is 493 g/mol. The van der Waals surface area contributed by atoms with Crippen molar-refractivity contribution in [3.63, 3.8) is 0 Å². The number of carbonyl (C=O) groups is 1. The van der Waals surface area contributed by atoms with Crippen LogP contribution in [-0.4, -0.2) is 40.6 Å². The van der Waals surface area contributed by atoms with Crippen LogP contribution in [0.4, 0.5) is 18.9 Å². The van der Waals surface area contributed by atoms with Crippen LogP contribution < -0.4 is 10.1 Å². The lowest BCUT2D eigenvalue weighted by atomic mass is 9.96. The van der Waals surface area contributed by atoms with Gasteiger partial charge in [-0.05, 0) is 61.3 Å². The molecule has 0 aliphatic carbocycles. The number of nitrogens with zero attached hydrogens (tertiary/aromatic N) is 3. The van der Waals surface area contributed by atoms with Crippen molar-refractivity contribution < 1.29 is 22.7 Å². The number of halogens is 3. The molecule has 1 aromatic heterocycles. The number of nitrogens with one attached hydrogen (secondary N) is 1. The van der Waals surface area contributed by atoms with Crippen molar-refractivity contribution in [3.05, 3.63) is 89.7 Å². The Bertz CT molecular complexity index is 1420. The second-order valence-corrected chi connectivity index (χ2v) is 9.56. The summed E-state index contributed by atoms with van der Waals surface area (Å²) in [6, 6.07) is 21.0. The van der Waals surface area contributed by atoms with E-state index in [1.165, 1.54) is 18.2 Å². The number of piperidine rings is 1. The third-order valence-corrected chi connectivity index (χ3v) is 6.97. The van der Waals surface area contributed by atoms with Crippen molar-refractivity contribution in [1.29, 1.82) is 0 Å². The van der Waals surface area contributed by atoms with Gasteiger partial charge >= 0.3 is 6.18 Å². The number of para-hydroxylation sites is 3. The molecule has 38 heavy (non-hydrogen) atoms. The maximum Gasteiger partial charge on any atom is 0.418 e. The van der Waals surface area contributed by atoms with Gasteiger partial charge in [-0.2, -0.15) is 13.2 Å². The number of methoxy groups -OCH3 is 1. The molecule has 1 atom stereocenters. The van der Waals surface area contributed by atoms with Crippen LogP contribution in [0.15, 0.2) is 72.8 Å². The van der Waals surface area contributed by atoms with E-state index in [9.17, 15) is 18.0 Å². The summed E-state index contributed by atoms with van der Waals surface area (Å²) >= 11 is 0. The average molecular weight is 523 g/mol. The number of hydrogen-bond donors (Lipinski definition) is 1. The molecule has 1 aliphatic rings. The molecule has 6 nitrogen and oxygen atoms in total. The average Bonchev–Trinajstić information content (AvgIpc) is 3.25. The van der Waals surface area contributed by atoms with Crippen LogP contribution in [0.3, 0.4) is 0 Å². The first-order valence-corrected chi connectivity index (χ1v) is 12.6. The van der Waals surface area contributed by atoms with Gasteiger partial charge in [0.1, 0.15) is 11.6 Å². The Hall–Kier alpha value is -3.85. The number of anilines is 1. The number of alkyl halides is 3. The van der Waals surface area contributed by atoms with Gasteiger partial charge < -0.3 is 14.6 Å². The number of hydrogen-bond acceptors (Lipinski definition) is 4. The molecule has 1 saturated heterocycles. The number of amides is 1. The topological polar surface area (TPSA) is 59.4 Å². The Balaban J connectivity index is 1.33. The number of carbonyl (C=O) groups excluding carboxylic acids is 1. The first-order chi connectivity index (χ1) is 18.3. The third kappa shape index (κ3) is 5.67. The minimum absolute atomic E-state index is 0.205. The van der Waals surface area contributed by atoms with Gasteiger partial charge in [0.05, 0.1) is 41.9 Å². The van der Waals surface area contributed by atoms with Crippen molar-refractivity contribution in [1.82, 2.24) is 14.5 Å². The number of ether oxygens (including phenoxy) is 1. The Morgan fingerprint density at radius 3 is 2.53 bits per heavy atom. The molecule has 0 unspecified atom stereocenters. The predicted octanol–water partition coefficient (Wildman–Crippen LogP) is 5.96. The highest BCUT2D eigenvalue weighted by Gasteiger charge is 2.34. The van der Waals surface area contributed by atoms with E-state index in [1.54, 1.807) is 7.11 Å². The zero-order valence-electron chi connectivity index (χ0n) is 21.0. The van der Waals surface area contributed by atoms with E-state index < -0.39 is 23.6 Å². The molecular formula is C29H29F3N4O2. The number of rotatable bonds is 7. The molecule has 1 N–H and O–H groups in total. The Kier molecular flexibility index (Phi) is 7.37. The van der Waals surface area contributed by atoms with Crippen molar-refractivity contribution in [3.8, 4) is 5.75 Å². The molecule has 3 aromatic carbocycles. The van der Waals surface area contributed by atoms with Gasteiger partial charge in [0.15, 0.2) is 0 Å². The van der Waals surface area contributed by atoms with E-state index in [0.29, 0.717) is 26.1 Å². The van der Waals surface area contributed by atoms with Crippen LogP contribution in [0.5, 0.6) is 5.75 Å². The second kappa shape index (κ2) is 10.9. The fourth-order valence-corrected chi connectivity index (χ4v) is 5.02. The maximum absolute atomic E-state index is 13.4. The quantitative estimate of drug-likeness (QED) is 0.325. The Morgan fingerprint density at radius 2 is 1.76 bits per heavy atom. The molecule has 0 bridgehead atoms. The molecule has 1 amide bonds. The fourth-order valence-electron chi connectivity index (χ4n) is 5.02. The Labute approximate surface area is 219 Å². The van der Waals surface area contributed by atoms with Gasteiger partial charge in [-0.1, -0.05) is 36.4 Å². The van der Waals surface area contributed by atoms with Crippen LogP contribution in [-0.2, 0) is 24.1 Å². The summed E-state index contributed by atoms with van der Waals surface area (Å²) in [7, 11) is 1.64. The van der Waals surface area contributed by atoms with E-state index in [2.05, 4.69) is 14.8 Å². The van der Waals surface area contributed by atoms with Gasteiger partial charge in [-0.25, -0.2) is 4.98 Å². The maximum atomic E-state index is 13.4. The van der Waals surface area contributed by atoms with Crippen LogP contribution in [0.1, 0.15) is 29.8 Å². The van der Waals surface area contributed by atoms with E-state index in [-0.39, 0.29) is 5.69 Å². The largest absolute Gasteiger partial charge is 0.497 e. The van der Waals surface area contributed by atoms with Gasteiger partial charge in [-0.15, -0.1) is 0 Å². The molecule has 1 fully saturated rings. The van der Waals surface area contributed by atoms with Gasteiger partial charge in [0.25, 0.3) is 0 Å². The van der Waals surface area contributed by atoms with Gasteiger partial charge in [0.2, 0.25) is 5.91 Å². The highest BCUT2D eigenvalue weighted by molar-refractivity contribution is 5.93. The summed E-state index contributed by atoms with van der Waals surface area (Å²) in [5, 5.41) is 2.53. The zero-order chi connectivity index (χ0) is 26.7. The molecule has 0 spiro atoms. The highest BCUT2D eigenvalue weighted by Crippen LogP contribution is 2.35. The van der Waals surface area contributed by atoms with E-state index in [4.69, 9.17) is 9.72 Å². The smallest absolute Gasteiger partial charge is 0.418 e. The number of fused-ring (bicyclic) bond motifs is 1. The monoisotopic (exact) mass is 522 g/mol. The standard InChI is InChI=1S/C29H29F3N4O2/c1-38-22-14-12-20(13-15-22)17-36-26-11-5-4-10-25(26)33-27(36)19-35-16-6-7-21(18-35)28(37)34-24-9-3-2-8-23(24)29(30,31)32/h2-5,8-15,21H,6-7,16-19H2,1H3,(H,34,37)/t21-/m0/s1. The van der Waals surface area contributed by atoms with Crippen molar-refractivity contribution in [2.45, 2.75) is 32.1 Å². The number of aromatic nitrogens is 2. The number of benzene rings is 3. The fraction of sp³-hybridized carbons (Fsp3) is 0.310. The van der Waals surface area contributed by atoms with Crippen LogP contribution in [0, 0.1) is 5.92 Å². The summed E-state index contributed by atoms with van der Waals surface area (Å²) in [6.45, 7) is 2.40. The summed E-state index contributed by atoms with van der Waals surface area (Å²) in [6.07, 6.45) is -3.14. The highest BCUT2D eigenvalue weighted by atomic mass is 19.4. The normalized spacial score (nSPS) is 16.5. The van der Waals surface area contributed by atoms with Crippen molar-refractivity contribution >= 4 is 22.6 Å². The van der Waals surface area contributed by atoms with E-state index >= 15 is 0 Å². The summed E-state index contributed by atoms with van der Waals surface area (Å²) < 4.78 is 47.6. The van der Waals surface area contributed by atoms with E-state index in [1.807, 2.05) is 48.5 Å². The number of imidazole rings is 1. The van der Waals surface area contributed by atoms with Crippen molar-refractivity contribution in [2.75, 3.05) is 25.5 Å². The molecule has 0 saturated carbocycles. The Morgan fingerprint density at radius 1 is 1.03 bits per heavy atom. The lowest BCUT2D eigenvalue weighted by Crippen LogP contribution is -2.41. The first kappa shape index (κ1) is 25.8. The minimum atomic E-state index is -4.54. The SMILES string of the molecule is COc1ccc(Cn2c(CN3CCC[C@H](C(=O)Nc4ccccc4C(F)(F)F)C3)nc3ccccc32)cc1. The van der Waals surface area contributed by atoms with Crippen LogP contribution in [0.2, 0.25) is 0 Å². The predicted molar refractivity (Wildman–Crippen MR) is 140 cm³/mol. The minimum Gasteiger partial charge on any atom is -0.497 e. The van der Waals surface area contributed by atoms with Crippen molar-refractivity contribution in [2.24, 2.45) is 5.92 Å². The number of likely N-dealkylation sites (tertiary alicyclic amines) is 1. The molecule has 1 aliphatic heterocycles. The third-order valence-electron chi connectivity index (χ3n) is 6.97. The zero-order valence-corrected chi connectivity index (χ0v) is 21.0. The molecule has 0 radical (unpaired) electrons. The first-order valence-electron chi connectivity index (χ1n) is 12.6. The van der Waals surface area contributed by atoms with Crippen LogP contribution in [0.25, 0.3) is 11.0 Å². The van der Waals surface area contributed by atoms with Gasteiger partial charge in [-0.3, -0.25) is 9.69 Å². The summed E-state index contributed by atoms with van der Waals surface area (Å²) in [5.74, 6) is 0.869. The second-order valence-electron chi connectivity index (χ2n) is 9.56. The summed E-state index contributed by atoms with van der Waals surface area (Å²) in [5.41, 5.74) is 1.98. The molecule has 198 valence electrons.